The first-order valence-corrected chi connectivity index (χ1v) is 4.26. The Morgan fingerprint density at radius 2 is 2.00 bits per heavy atom. The molecule has 0 fully saturated rings. The van der Waals surface area contributed by atoms with Crippen molar-refractivity contribution in [2.45, 2.75) is 39.0 Å². The minimum absolute atomic E-state index is 0.0291. The fraction of sp³-hybridized carbons (Fsp3) is 0.667. The quantitative estimate of drug-likeness (QED) is 0.478. The molecule has 0 amide bonds. The monoisotopic (exact) mass is 172 g/mol. The molecule has 0 aliphatic rings. The van der Waals surface area contributed by atoms with E-state index in [2.05, 4.69) is 6.92 Å². The molecule has 0 spiro atoms. The maximum atomic E-state index is 10.1. The third-order valence-corrected chi connectivity index (χ3v) is 1.52. The number of carboxylic acids is 1. The van der Waals surface area contributed by atoms with Crippen molar-refractivity contribution < 1.29 is 15.0 Å². The molecule has 0 bridgehead atoms. The lowest BCUT2D eigenvalue weighted by Crippen LogP contribution is -1.96. The fourth-order valence-electron chi connectivity index (χ4n) is 0.890. The molecule has 0 saturated carbocycles. The van der Waals surface area contributed by atoms with Gasteiger partial charge in [-0.15, -0.1) is 0 Å². The minimum Gasteiger partial charge on any atom is -0.512 e. The Bertz CT molecular complexity index is 161. The van der Waals surface area contributed by atoms with Crippen LogP contribution in [-0.2, 0) is 4.79 Å². The number of allylic oxidation sites excluding steroid dienone is 1. The lowest BCUT2D eigenvalue weighted by molar-refractivity contribution is -0.136. The van der Waals surface area contributed by atoms with E-state index in [-0.39, 0.29) is 12.2 Å². The van der Waals surface area contributed by atoms with Crippen LogP contribution in [0.5, 0.6) is 0 Å². The predicted molar refractivity (Wildman–Crippen MR) is 47.1 cm³/mol. The van der Waals surface area contributed by atoms with Gasteiger partial charge in [0.25, 0.3) is 0 Å². The van der Waals surface area contributed by atoms with Gasteiger partial charge < -0.3 is 10.2 Å². The van der Waals surface area contributed by atoms with E-state index in [1.807, 2.05) is 0 Å². The largest absolute Gasteiger partial charge is 0.512 e. The Labute approximate surface area is 72.7 Å². The molecule has 2 N–H and O–H groups in total. The van der Waals surface area contributed by atoms with Crippen molar-refractivity contribution in [1.29, 1.82) is 0 Å². The normalized spacial score (nSPS) is 11.6. The second kappa shape index (κ2) is 6.70. The zero-order valence-electron chi connectivity index (χ0n) is 7.42. The van der Waals surface area contributed by atoms with Gasteiger partial charge in [0, 0.05) is 0 Å². The minimum atomic E-state index is -0.987. The second-order valence-corrected chi connectivity index (χ2v) is 2.76. The summed E-state index contributed by atoms with van der Waals surface area (Å²) in [6, 6.07) is 0. The van der Waals surface area contributed by atoms with Crippen LogP contribution in [0.25, 0.3) is 0 Å². The van der Waals surface area contributed by atoms with Crippen molar-refractivity contribution in [3.63, 3.8) is 0 Å². The van der Waals surface area contributed by atoms with Crippen molar-refractivity contribution in [3.05, 3.63) is 11.8 Å². The standard InChI is InChI=1S/C9H16O3/c1-2-3-4-5-6-8(10)7-9(11)12/h6,10H,2-5,7H2,1H3,(H,11,12). The SMILES string of the molecule is CCCCCC=C(O)CC(=O)O. The van der Waals surface area contributed by atoms with Crippen LogP contribution < -0.4 is 0 Å². The maximum Gasteiger partial charge on any atom is 0.311 e. The van der Waals surface area contributed by atoms with E-state index in [1.165, 1.54) is 0 Å². The van der Waals surface area contributed by atoms with Crippen LogP contribution in [0.2, 0.25) is 0 Å². The van der Waals surface area contributed by atoms with Crippen LogP contribution in [-0.4, -0.2) is 16.2 Å². The molecule has 0 aromatic rings. The van der Waals surface area contributed by atoms with Gasteiger partial charge in [0.2, 0.25) is 0 Å². The number of hydrogen-bond donors (Lipinski definition) is 2. The average Bonchev–Trinajstić information content (AvgIpc) is 1.97. The summed E-state index contributed by atoms with van der Waals surface area (Å²) < 4.78 is 0. The maximum absolute atomic E-state index is 10.1. The van der Waals surface area contributed by atoms with Crippen LogP contribution in [0, 0.1) is 0 Å². The molecular formula is C9H16O3. The summed E-state index contributed by atoms with van der Waals surface area (Å²) in [7, 11) is 0. The average molecular weight is 172 g/mol. The van der Waals surface area contributed by atoms with E-state index >= 15 is 0 Å². The highest BCUT2D eigenvalue weighted by atomic mass is 16.4. The van der Waals surface area contributed by atoms with Gasteiger partial charge in [-0.25, -0.2) is 0 Å². The van der Waals surface area contributed by atoms with Gasteiger partial charge in [-0.3, -0.25) is 4.79 Å². The van der Waals surface area contributed by atoms with E-state index in [9.17, 15) is 4.79 Å². The number of unbranched alkanes of at least 4 members (excludes halogenated alkanes) is 3. The molecule has 0 saturated heterocycles. The molecule has 3 heteroatoms. The Morgan fingerprint density at radius 1 is 1.33 bits per heavy atom. The number of carbonyl (C=O) groups is 1. The third-order valence-electron chi connectivity index (χ3n) is 1.52. The van der Waals surface area contributed by atoms with Crippen molar-refractivity contribution in [2.75, 3.05) is 0 Å². The summed E-state index contributed by atoms with van der Waals surface area (Å²) >= 11 is 0. The lowest BCUT2D eigenvalue weighted by Gasteiger charge is -1.95. The van der Waals surface area contributed by atoms with Crippen LogP contribution in [0.15, 0.2) is 11.8 Å². The zero-order valence-corrected chi connectivity index (χ0v) is 7.42. The Hall–Kier alpha value is -0.990. The van der Waals surface area contributed by atoms with Crippen LogP contribution in [0.1, 0.15) is 39.0 Å². The molecule has 0 aliphatic heterocycles. The Balaban J connectivity index is 3.48. The second-order valence-electron chi connectivity index (χ2n) is 2.76. The fourth-order valence-corrected chi connectivity index (χ4v) is 0.890. The molecule has 0 atom stereocenters. The predicted octanol–water partition coefficient (Wildman–Crippen LogP) is 2.48. The molecular weight excluding hydrogens is 156 g/mol. The summed E-state index contributed by atoms with van der Waals surface area (Å²) in [5, 5.41) is 17.3. The lowest BCUT2D eigenvalue weighted by atomic mass is 10.2. The molecule has 0 rings (SSSR count). The summed E-state index contributed by atoms with van der Waals surface area (Å²) in [6.07, 6.45) is 5.37. The number of carboxylic acid groups (broad SMARTS) is 1. The van der Waals surface area contributed by atoms with Crippen LogP contribution >= 0.6 is 0 Å². The smallest absolute Gasteiger partial charge is 0.311 e. The molecule has 0 aromatic heterocycles. The number of aliphatic hydroxyl groups excluding tert-OH is 1. The molecule has 3 nitrogen and oxygen atoms in total. The van der Waals surface area contributed by atoms with Crippen molar-refractivity contribution in [2.24, 2.45) is 0 Å². The van der Waals surface area contributed by atoms with E-state index in [1.54, 1.807) is 6.08 Å². The highest BCUT2D eigenvalue weighted by Crippen LogP contribution is 2.04. The first-order valence-electron chi connectivity index (χ1n) is 4.26. The summed E-state index contributed by atoms with van der Waals surface area (Å²) in [6.45, 7) is 2.10. The first kappa shape index (κ1) is 11.0. The van der Waals surface area contributed by atoms with Crippen LogP contribution in [0.3, 0.4) is 0 Å². The Kier molecular flexibility index (Phi) is 6.15. The van der Waals surface area contributed by atoms with Gasteiger partial charge in [-0.2, -0.15) is 0 Å². The third kappa shape index (κ3) is 7.12. The van der Waals surface area contributed by atoms with Crippen LogP contribution in [0.4, 0.5) is 0 Å². The van der Waals surface area contributed by atoms with Gasteiger partial charge in [0.15, 0.2) is 0 Å². The number of rotatable bonds is 6. The van der Waals surface area contributed by atoms with Gasteiger partial charge in [-0.1, -0.05) is 19.8 Å². The van der Waals surface area contributed by atoms with Gasteiger partial charge in [0.05, 0.1) is 5.76 Å². The van der Waals surface area contributed by atoms with E-state index < -0.39 is 5.97 Å². The first-order chi connectivity index (χ1) is 5.66. The molecule has 0 aliphatic carbocycles. The molecule has 12 heavy (non-hydrogen) atoms. The van der Waals surface area contributed by atoms with Gasteiger partial charge in [-0.05, 0) is 18.9 Å². The Morgan fingerprint density at radius 3 is 2.50 bits per heavy atom. The highest BCUT2D eigenvalue weighted by Gasteiger charge is 1.99. The topological polar surface area (TPSA) is 57.5 Å². The van der Waals surface area contributed by atoms with Crippen molar-refractivity contribution >= 4 is 5.97 Å². The van der Waals surface area contributed by atoms with Crippen molar-refractivity contribution in [1.82, 2.24) is 0 Å². The molecule has 0 radical (unpaired) electrons. The zero-order chi connectivity index (χ0) is 9.40. The number of aliphatic carboxylic acids is 1. The summed E-state index contributed by atoms with van der Waals surface area (Å²) in [4.78, 5) is 10.1. The molecule has 0 aromatic carbocycles. The van der Waals surface area contributed by atoms with Crippen molar-refractivity contribution in [3.8, 4) is 0 Å². The van der Waals surface area contributed by atoms with E-state index in [0.717, 1.165) is 25.7 Å². The molecule has 70 valence electrons. The number of hydrogen-bond acceptors (Lipinski definition) is 2. The van der Waals surface area contributed by atoms with E-state index in [0.29, 0.717) is 0 Å². The number of aliphatic hydroxyl groups is 1. The highest BCUT2D eigenvalue weighted by molar-refractivity contribution is 5.69. The summed E-state index contributed by atoms with van der Waals surface area (Å²) in [5.41, 5.74) is 0. The molecule has 0 unspecified atom stereocenters. The van der Waals surface area contributed by atoms with E-state index in [4.69, 9.17) is 10.2 Å². The van der Waals surface area contributed by atoms with Gasteiger partial charge >= 0.3 is 5.97 Å². The molecule has 0 heterocycles. The summed E-state index contributed by atoms with van der Waals surface area (Å²) in [5.74, 6) is -1.02. The van der Waals surface area contributed by atoms with Gasteiger partial charge in [0.1, 0.15) is 6.42 Å².